The molecule has 0 radical (unpaired) electrons. The van der Waals surface area contributed by atoms with Gasteiger partial charge in [-0.25, -0.2) is 4.98 Å². The summed E-state index contributed by atoms with van der Waals surface area (Å²) in [6.07, 6.45) is 1.84. The van der Waals surface area contributed by atoms with Crippen molar-refractivity contribution in [3.05, 3.63) is 40.1 Å². The summed E-state index contributed by atoms with van der Waals surface area (Å²) >= 11 is 3.44. The molecular formula is C15H18BrN3O. The molecule has 0 spiro atoms. The Morgan fingerprint density at radius 3 is 2.75 bits per heavy atom. The molecule has 5 heteroatoms. The molecule has 0 aliphatic rings. The monoisotopic (exact) mass is 335 g/mol. The standard InChI is InChI=1S/C15H18BrN3O/c1-4-6-13-18-14(17-3)10(2)15(19-13)20-12-8-5-7-11(16)9-12/h5,7-9H,4,6H2,1-3H3,(H,17,18,19). The molecule has 0 unspecified atom stereocenters. The van der Waals surface area contributed by atoms with Crippen molar-refractivity contribution in [2.45, 2.75) is 26.7 Å². The predicted molar refractivity (Wildman–Crippen MR) is 84.5 cm³/mol. The average Bonchev–Trinajstić information content (AvgIpc) is 2.42. The molecule has 2 aromatic rings. The van der Waals surface area contributed by atoms with Crippen molar-refractivity contribution in [2.24, 2.45) is 0 Å². The van der Waals surface area contributed by atoms with E-state index >= 15 is 0 Å². The van der Waals surface area contributed by atoms with E-state index in [1.54, 1.807) is 0 Å². The zero-order chi connectivity index (χ0) is 14.5. The fourth-order valence-corrected chi connectivity index (χ4v) is 2.24. The van der Waals surface area contributed by atoms with E-state index in [2.05, 4.69) is 38.1 Å². The second-order valence-corrected chi connectivity index (χ2v) is 5.39. The third kappa shape index (κ3) is 3.48. The maximum Gasteiger partial charge on any atom is 0.227 e. The largest absolute Gasteiger partial charge is 0.439 e. The van der Waals surface area contributed by atoms with Crippen LogP contribution in [-0.2, 0) is 6.42 Å². The molecule has 0 amide bonds. The highest BCUT2D eigenvalue weighted by atomic mass is 79.9. The van der Waals surface area contributed by atoms with Gasteiger partial charge < -0.3 is 10.1 Å². The normalized spacial score (nSPS) is 10.4. The zero-order valence-corrected chi connectivity index (χ0v) is 13.5. The fraction of sp³-hybridized carbons (Fsp3) is 0.333. The number of aryl methyl sites for hydroxylation is 1. The summed E-state index contributed by atoms with van der Waals surface area (Å²) < 4.78 is 6.87. The number of nitrogens with zero attached hydrogens (tertiary/aromatic N) is 2. The van der Waals surface area contributed by atoms with Crippen LogP contribution in [0.5, 0.6) is 11.6 Å². The van der Waals surface area contributed by atoms with Gasteiger partial charge in [0.1, 0.15) is 17.4 Å². The molecule has 0 saturated heterocycles. The molecule has 2 rings (SSSR count). The van der Waals surface area contributed by atoms with Gasteiger partial charge in [0.15, 0.2) is 0 Å². The number of aromatic nitrogens is 2. The summed E-state index contributed by atoms with van der Waals surface area (Å²) in [5.74, 6) is 2.97. The second kappa shape index (κ2) is 6.70. The van der Waals surface area contributed by atoms with Crippen LogP contribution in [0.1, 0.15) is 24.7 Å². The summed E-state index contributed by atoms with van der Waals surface area (Å²) in [6.45, 7) is 4.06. The van der Waals surface area contributed by atoms with Crippen LogP contribution in [0, 0.1) is 6.92 Å². The van der Waals surface area contributed by atoms with Gasteiger partial charge in [0, 0.05) is 17.9 Å². The van der Waals surface area contributed by atoms with Gasteiger partial charge in [-0.05, 0) is 31.5 Å². The van der Waals surface area contributed by atoms with Gasteiger partial charge in [-0.15, -0.1) is 0 Å². The molecule has 0 bridgehead atoms. The molecule has 0 aliphatic carbocycles. The van der Waals surface area contributed by atoms with Gasteiger partial charge in [0.25, 0.3) is 0 Å². The van der Waals surface area contributed by atoms with Crippen molar-refractivity contribution < 1.29 is 4.74 Å². The van der Waals surface area contributed by atoms with Crippen molar-refractivity contribution in [3.8, 4) is 11.6 Å². The molecule has 20 heavy (non-hydrogen) atoms. The van der Waals surface area contributed by atoms with Crippen molar-refractivity contribution in [1.29, 1.82) is 0 Å². The summed E-state index contributed by atoms with van der Waals surface area (Å²) in [6, 6.07) is 7.72. The van der Waals surface area contributed by atoms with Crippen LogP contribution < -0.4 is 10.1 Å². The van der Waals surface area contributed by atoms with E-state index in [0.29, 0.717) is 5.88 Å². The highest BCUT2D eigenvalue weighted by Gasteiger charge is 2.12. The van der Waals surface area contributed by atoms with Gasteiger partial charge in [-0.3, -0.25) is 0 Å². The van der Waals surface area contributed by atoms with Crippen LogP contribution in [0.3, 0.4) is 0 Å². The first-order chi connectivity index (χ1) is 9.63. The van der Waals surface area contributed by atoms with Gasteiger partial charge in [0.05, 0.1) is 5.56 Å². The minimum atomic E-state index is 0.603. The first-order valence-electron chi connectivity index (χ1n) is 6.62. The molecule has 0 fully saturated rings. The van der Waals surface area contributed by atoms with Crippen LogP contribution in [0.25, 0.3) is 0 Å². The molecule has 1 heterocycles. The number of benzene rings is 1. The lowest BCUT2D eigenvalue weighted by Crippen LogP contribution is -2.05. The van der Waals surface area contributed by atoms with Crippen LogP contribution in [-0.4, -0.2) is 17.0 Å². The number of halogens is 1. The number of anilines is 1. The first kappa shape index (κ1) is 14.8. The molecule has 0 atom stereocenters. The molecule has 1 aromatic heterocycles. The van der Waals surface area contributed by atoms with Crippen molar-refractivity contribution in [3.63, 3.8) is 0 Å². The Hall–Kier alpha value is -1.62. The highest BCUT2D eigenvalue weighted by molar-refractivity contribution is 9.10. The quantitative estimate of drug-likeness (QED) is 0.883. The summed E-state index contributed by atoms with van der Waals surface area (Å²) in [7, 11) is 1.86. The molecule has 0 aliphatic heterocycles. The Balaban J connectivity index is 2.36. The summed E-state index contributed by atoms with van der Waals surface area (Å²) in [5.41, 5.74) is 0.910. The predicted octanol–water partition coefficient (Wildman–Crippen LogP) is 4.33. The fourth-order valence-electron chi connectivity index (χ4n) is 1.86. The lowest BCUT2D eigenvalue weighted by atomic mass is 10.2. The van der Waals surface area contributed by atoms with E-state index in [9.17, 15) is 0 Å². The van der Waals surface area contributed by atoms with Crippen LogP contribution in [0.4, 0.5) is 5.82 Å². The third-order valence-electron chi connectivity index (χ3n) is 2.87. The van der Waals surface area contributed by atoms with Gasteiger partial charge in [0.2, 0.25) is 5.88 Å². The molecule has 106 valence electrons. The highest BCUT2D eigenvalue weighted by Crippen LogP contribution is 2.28. The Morgan fingerprint density at radius 2 is 2.10 bits per heavy atom. The zero-order valence-electron chi connectivity index (χ0n) is 11.9. The topological polar surface area (TPSA) is 47.0 Å². The Labute approximate surface area is 127 Å². The summed E-state index contributed by atoms with van der Waals surface area (Å²) in [5, 5.41) is 3.09. The van der Waals surface area contributed by atoms with Crippen molar-refractivity contribution in [1.82, 2.24) is 9.97 Å². The Morgan fingerprint density at radius 1 is 1.30 bits per heavy atom. The lowest BCUT2D eigenvalue weighted by molar-refractivity contribution is 0.454. The minimum absolute atomic E-state index is 0.603. The van der Waals surface area contributed by atoms with Gasteiger partial charge >= 0.3 is 0 Å². The molecule has 1 aromatic carbocycles. The smallest absolute Gasteiger partial charge is 0.227 e. The van der Waals surface area contributed by atoms with Crippen LogP contribution in [0.15, 0.2) is 28.7 Å². The van der Waals surface area contributed by atoms with Crippen LogP contribution >= 0.6 is 15.9 Å². The maximum atomic E-state index is 5.90. The number of hydrogen-bond donors (Lipinski definition) is 1. The SMILES string of the molecule is CCCc1nc(NC)c(C)c(Oc2cccc(Br)c2)n1. The lowest BCUT2D eigenvalue weighted by Gasteiger charge is -2.12. The first-order valence-corrected chi connectivity index (χ1v) is 7.42. The van der Waals surface area contributed by atoms with E-state index < -0.39 is 0 Å². The molecule has 0 saturated carbocycles. The van der Waals surface area contributed by atoms with E-state index in [1.165, 1.54) is 0 Å². The number of rotatable bonds is 5. The Bertz CT molecular complexity index is 602. The average molecular weight is 336 g/mol. The van der Waals surface area contributed by atoms with E-state index in [0.717, 1.165) is 40.3 Å². The van der Waals surface area contributed by atoms with Gasteiger partial charge in [-0.2, -0.15) is 4.98 Å². The van der Waals surface area contributed by atoms with E-state index in [1.807, 2.05) is 38.2 Å². The van der Waals surface area contributed by atoms with E-state index in [4.69, 9.17) is 4.74 Å². The Kier molecular flexibility index (Phi) is 4.95. The number of nitrogens with one attached hydrogen (secondary N) is 1. The molecule has 4 nitrogen and oxygen atoms in total. The molecular weight excluding hydrogens is 318 g/mol. The second-order valence-electron chi connectivity index (χ2n) is 4.48. The molecule has 1 N–H and O–H groups in total. The minimum Gasteiger partial charge on any atom is -0.439 e. The van der Waals surface area contributed by atoms with Crippen molar-refractivity contribution in [2.75, 3.05) is 12.4 Å². The number of ether oxygens (including phenoxy) is 1. The third-order valence-corrected chi connectivity index (χ3v) is 3.36. The number of hydrogen-bond acceptors (Lipinski definition) is 4. The maximum absolute atomic E-state index is 5.90. The van der Waals surface area contributed by atoms with Gasteiger partial charge in [-0.1, -0.05) is 28.9 Å². The van der Waals surface area contributed by atoms with Crippen LogP contribution in [0.2, 0.25) is 0 Å². The van der Waals surface area contributed by atoms with Crippen molar-refractivity contribution >= 4 is 21.7 Å². The van der Waals surface area contributed by atoms with E-state index in [-0.39, 0.29) is 0 Å². The summed E-state index contributed by atoms with van der Waals surface area (Å²) in [4.78, 5) is 9.00.